The van der Waals surface area contributed by atoms with Crippen molar-refractivity contribution in [3.8, 4) is 11.5 Å². The summed E-state index contributed by atoms with van der Waals surface area (Å²) in [4.78, 5) is 27.8. The van der Waals surface area contributed by atoms with E-state index in [4.69, 9.17) is 4.42 Å². The Morgan fingerprint density at radius 2 is 1.94 bits per heavy atom. The number of para-hydroxylation sites is 1. The first-order valence-electron chi connectivity index (χ1n) is 10.0. The normalized spacial score (nSPS) is 11.9. The van der Waals surface area contributed by atoms with Crippen LogP contribution in [0, 0.1) is 10.1 Å². The van der Waals surface area contributed by atoms with Crippen LogP contribution in [0.1, 0.15) is 42.1 Å². The number of benzene rings is 3. The minimum Gasteiger partial charge on any atom is -0.436 e. The van der Waals surface area contributed by atoms with Crippen LogP contribution >= 0.6 is 0 Å². The molecule has 1 atom stereocenters. The van der Waals surface area contributed by atoms with Crippen molar-refractivity contribution in [1.82, 2.24) is 4.98 Å². The average molecular weight is 415 g/mol. The number of hydrogen-bond donors (Lipinski definition) is 1. The molecule has 0 aliphatic rings. The number of nitrogens with zero attached hydrogens (tertiary/aromatic N) is 2. The number of rotatable bonds is 6. The molecule has 0 saturated carbocycles. The Morgan fingerprint density at radius 3 is 2.71 bits per heavy atom. The van der Waals surface area contributed by atoms with Crippen molar-refractivity contribution in [2.24, 2.45) is 0 Å². The van der Waals surface area contributed by atoms with E-state index in [1.54, 1.807) is 24.3 Å². The highest BCUT2D eigenvalue weighted by atomic mass is 16.6. The fourth-order valence-electron chi connectivity index (χ4n) is 3.36. The molecule has 0 aliphatic heterocycles. The first-order valence-corrected chi connectivity index (χ1v) is 10.0. The van der Waals surface area contributed by atoms with Gasteiger partial charge in [-0.2, -0.15) is 0 Å². The fourth-order valence-corrected chi connectivity index (χ4v) is 3.36. The molecule has 0 aliphatic carbocycles. The van der Waals surface area contributed by atoms with Crippen LogP contribution in [0.5, 0.6) is 0 Å². The summed E-state index contributed by atoms with van der Waals surface area (Å²) >= 11 is 0. The number of anilines is 1. The van der Waals surface area contributed by atoms with Gasteiger partial charge in [-0.25, -0.2) is 4.98 Å². The van der Waals surface area contributed by atoms with E-state index < -0.39 is 10.8 Å². The zero-order valence-electron chi connectivity index (χ0n) is 17.2. The topological polar surface area (TPSA) is 98.3 Å². The third-order valence-corrected chi connectivity index (χ3v) is 5.31. The summed E-state index contributed by atoms with van der Waals surface area (Å²) in [7, 11) is 0. The minimum absolute atomic E-state index is 0.00246. The Bertz CT molecular complexity index is 1280. The van der Waals surface area contributed by atoms with Gasteiger partial charge in [0.15, 0.2) is 5.58 Å². The summed E-state index contributed by atoms with van der Waals surface area (Å²) in [5, 5.41) is 13.9. The fraction of sp³-hybridized carbons (Fsp3) is 0.167. The third-order valence-electron chi connectivity index (χ3n) is 5.31. The molecule has 1 aromatic heterocycles. The highest BCUT2D eigenvalue weighted by molar-refractivity contribution is 6.07. The Balaban J connectivity index is 1.62. The molecule has 7 nitrogen and oxygen atoms in total. The molecule has 0 spiro atoms. The SMILES string of the molecule is CC[C@H](C)c1ccc2oc(-c3cccc(NC(=O)c4ccccc4[N+](=O)[O-])c3)nc2c1. The van der Waals surface area contributed by atoms with Gasteiger partial charge in [0.1, 0.15) is 11.1 Å². The molecule has 1 amide bonds. The quantitative estimate of drug-likeness (QED) is 0.300. The standard InChI is InChI=1S/C24H21N3O4/c1-3-15(2)16-11-12-22-20(14-16)26-24(31-22)17-7-6-8-18(13-17)25-23(28)19-9-4-5-10-21(19)27(29)30/h4-15H,3H2,1-2H3,(H,25,28)/t15-/m0/s1. The zero-order chi connectivity index (χ0) is 22.0. The summed E-state index contributed by atoms with van der Waals surface area (Å²) in [6, 6.07) is 18.9. The predicted octanol–water partition coefficient (Wildman–Crippen LogP) is 6.17. The maximum Gasteiger partial charge on any atom is 0.282 e. The molecule has 156 valence electrons. The van der Waals surface area contributed by atoms with Gasteiger partial charge in [-0.15, -0.1) is 0 Å². The van der Waals surface area contributed by atoms with Crippen LogP contribution in [0.15, 0.2) is 71.1 Å². The van der Waals surface area contributed by atoms with Crippen LogP contribution in [-0.4, -0.2) is 15.8 Å². The molecule has 4 rings (SSSR count). The second kappa shape index (κ2) is 8.39. The number of nitrogens with one attached hydrogen (secondary N) is 1. The Labute approximate surface area is 178 Å². The monoisotopic (exact) mass is 415 g/mol. The highest BCUT2D eigenvalue weighted by Gasteiger charge is 2.19. The van der Waals surface area contributed by atoms with E-state index in [0.29, 0.717) is 28.6 Å². The molecular weight excluding hydrogens is 394 g/mol. The van der Waals surface area contributed by atoms with Gasteiger partial charge in [0.05, 0.1) is 4.92 Å². The smallest absolute Gasteiger partial charge is 0.282 e. The lowest BCUT2D eigenvalue weighted by Crippen LogP contribution is -2.13. The largest absolute Gasteiger partial charge is 0.436 e. The highest BCUT2D eigenvalue weighted by Crippen LogP contribution is 2.29. The molecule has 7 heteroatoms. The van der Waals surface area contributed by atoms with Crippen molar-refractivity contribution in [2.75, 3.05) is 5.32 Å². The summed E-state index contributed by atoms with van der Waals surface area (Å²) in [5.74, 6) is 0.323. The molecule has 0 unspecified atom stereocenters. The maximum absolute atomic E-state index is 12.6. The summed E-state index contributed by atoms with van der Waals surface area (Å²) < 4.78 is 5.90. The number of nitro groups is 1. The van der Waals surface area contributed by atoms with Crippen molar-refractivity contribution >= 4 is 28.4 Å². The number of hydrogen-bond acceptors (Lipinski definition) is 5. The van der Waals surface area contributed by atoms with Gasteiger partial charge in [0.2, 0.25) is 5.89 Å². The van der Waals surface area contributed by atoms with Crippen LogP contribution in [0.25, 0.3) is 22.6 Å². The van der Waals surface area contributed by atoms with E-state index in [1.807, 2.05) is 18.2 Å². The molecule has 31 heavy (non-hydrogen) atoms. The van der Waals surface area contributed by atoms with Crippen molar-refractivity contribution in [3.63, 3.8) is 0 Å². The molecule has 0 saturated heterocycles. The van der Waals surface area contributed by atoms with Gasteiger partial charge in [0, 0.05) is 17.3 Å². The second-order valence-electron chi connectivity index (χ2n) is 7.36. The maximum atomic E-state index is 12.6. The van der Waals surface area contributed by atoms with Crippen molar-refractivity contribution in [3.05, 3.63) is 88.0 Å². The van der Waals surface area contributed by atoms with E-state index in [0.717, 1.165) is 11.9 Å². The van der Waals surface area contributed by atoms with E-state index >= 15 is 0 Å². The van der Waals surface area contributed by atoms with Gasteiger partial charge in [-0.3, -0.25) is 14.9 Å². The first kappa shape index (κ1) is 20.3. The molecule has 1 heterocycles. The van der Waals surface area contributed by atoms with Crippen molar-refractivity contribution < 1.29 is 14.1 Å². The lowest BCUT2D eigenvalue weighted by molar-refractivity contribution is -0.385. The van der Waals surface area contributed by atoms with Gasteiger partial charge in [-0.05, 0) is 54.3 Å². The molecule has 0 bridgehead atoms. The molecule has 3 aromatic carbocycles. The number of aromatic nitrogens is 1. The van der Waals surface area contributed by atoms with E-state index in [-0.39, 0.29) is 11.3 Å². The van der Waals surface area contributed by atoms with Crippen LogP contribution in [0.4, 0.5) is 11.4 Å². The van der Waals surface area contributed by atoms with Gasteiger partial charge in [0.25, 0.3) is 11.6 Å². The van der Waals surface area contributed by atoms with Crippen molar-refractivity contribution in [1.29, 1.82) is 0 Å². The van der Waals surface area contributed by atoms with E-state index in [9.17, 15) is 14.9 Å². The molecular formula is C24H21N3O4. The lowest BCUT2D eigenvalue weighted by atomic mass is 9.98. The Morgan fingerprint density at radius 1 is 1.13 bits per heavy atom. The second-order valence-corrected chi connectivity index (χ2v) is 7.36. The minimum atomic E-state index is -0.572. The number of fused-ring (bicyclic) bond motifs is 1. The van der Waals surface area contributed by atoms with Crippen LogP contribution in [-0.2, 0) is 0 Å². The third kappa shape index (κ3) is 4.16. The zero-order valence-corrected chi connectivity index (χ0v) is 17.2. The molecule has 1 N–H and O–H groups in total. The van der Waals surface area contributed by atoms with Crippen molar-refractivity contribution in [2.45, 2.75) is 26.2 Å². The van der Waals surface area contributed by atoms with E-state index in [1.165, 1.54) is 23.8 Å². The number of nitro benzene ring substituents is 1. The number of carbonyl (C=O) groups excluding carboxylic acids is 1. The van der Waals surface area contributed by atoms with E-state index in [2.05, 4.69) is 30.2 Å². The molecule has 0 fully saturated rings. The molecule has 4 aromatic rings. The first-order chi connectivity index (χ1) is 15.0. The van der Waals surface area contributed by atoms with Gasteiger partial charge >= 0.3 is 0 Å². The Hall–Kier alpha value is -4.00. The summed E-state index contributed by atoms with van der Waals surface area (Å²) in [5.41, 5.74) is 3.62. The van der Waals surface area contributed by atoms with Crippen LogP contribution in [0.2, 0.25) is 0 Å². The lowest BCUT2D eigenvalue weighted by Gasteiger charge is -2.07. The van der Waals surface area contributed by atoms with Gasteiger partial charge < -0.3 is 9.73 Å². The summed E-state index contributed by atoms with van der Waals surface area (Å²) in [6.07, 6.45) is 1.04. The number of amides is 1. The molecule has 0 radical (unpaired) electrons. The predicted molar refractivity (Wildman–Crippen MR) is 119 cm³/mol. The summed E-state index contributed by atoms with van der Waals surface area (Å²) in [6.45, 7) is 4.32. The average Bonchev–Trinajstić information content (AvgIpc) is 3.22. The van der Waals surface area contributed by atoms with Crippen LogP contribution < -0.4 is 5.32 Å². The van der Waals surface area contributed by atoms with Crippen LogP contribution in [0.3, 0.4) is 0 Å². The number of carbonyl (C=O) groups is 1. The number of oxazole rings is 1. The Kier molecular flexibility index (Phi) is 5.49. The van der Waals surface area contributed by atoms with Gasteiger partial charge in [-0.1, -0.05) is 38.1 Å².